The number of aryl methyl sites for hydroxylation is 1. The first-order valence-corrected chi connectivity index (χ1v) is 8.01. The fraction of sp³-hybridized carbons (Fsp3) is 0.316. The predicted molar refractivity (Wildman–Crippen MR) is 90.8 cm³/mol. The minimum Gasteiger partial charge on any atom is -0.366 e. The molecule has 2 rings (SSSR count). The first kappa shape index (κ1) is 18.1. The van der Waals surface area contributed by atoms with Gasteiger partial charge in [-0.05, 0) is 68.1 Å². The van der Waals surface area contributed by atoms with Crippen molar-refractivity contribution in [3.05, 3.63) is 70.8 Å². The Morgan fingerprint density at radius 1 is 1.08 bits per heavy atom. The SMILES string of the molecule is CC(Cc1cc(F)cc(F)c1)NCCCc1ccc(C(N)=O)cc1. The molecule has 0 aliphatic rings. The summed E-state index contributed by atoms with van der Waals surface area (Å²) in [5, 5.41) is 3.35. The molecule has 0 heterocycles. The van der Waals surface area contributed by atoms with Crippen LogP contribution < -0.4 is 11.1 Å². The van der Waals surface area contributed by atoms with Crippen LogP contribution in [0.5, 0.6) is 0 Å². The van der Waals surface area contributed by atoms with Gasteiger partial charge < -0.3 is 11.1 Å². The lowest BCUT2D eigenvalue weighted by Gasteiger charge is -2.14. The maximum Gasteiger partial charge on any atom is 0.248 e. The average molecular weight is 332 g/mol. The minimum atomic E-state index is -0.545. The van der Waals surface area contributed by atoms with Crippen molar-refractivity contribution in [2.45, 2.75) is 32.2 Å². The number of benzene rings is 2. The molecule has 0 saturated heterocycles. The lowest BCUT2D eigenvalue weighted by atomic mass is 10.1. The lowest BCUT2D eigenvalue weighted by molar-refractivity contribution is 0.100. The molecule has 128 valence electrons. The van der Waals surface area contributed by atoms with Crippen molar-refractivity contribution in [1.82, 2.24) is 5.32 Å². The second-order valence-corrected chi connectivity index (χ2v) is 6.00. The van der Waals surface area contributed by atoms with E-state index in [4.69, 9.17) is 5.73 Å². The van der Waals surface area contributed by atoms with Gasteiger partial charge in [-0.2, -0.15) is 0 Å². The molecule has 1 amide bonds. The monoisotopic (exact) mass is 332 g/mol. The van der Waals surface area contributed by atoms with Crippen molar-refractivity contribution in [2.75, 3.05) is 6.54 Å². The Morgan fingerprint density at radius 2 is 1.71 bits per heavy atom. The molecule has 0 saturated carbocycles. The Morgan fingerprint density at radius 3 is 2.29 bits per heavy atom. The van der Waals surface area contributed by atoms with E-state index in [-0.39, 0.29) is 6.04 Å². The molecule has 3 nitrogen and oxygen atoms in total. The van der Waals surface area contributed by atoms with E-state index in [1.54, 1.807) is 12.1 Å². The third kappa shape index (κ3) is 5.74. The Labute approximate surface area is 140 Å². The van der Waals surface area contributed by atoms with Gasteiger partial charge in [0.2, 0.25) is 5.91 Å². The molecule has 0 aliphatic heterocycles. The van der Waals surface area contributed by atoms with Gasteiger partial charge >= 0.3 is 0 Å². The molecule has 0 aliphatic carbocycles. The molecule has 1 atom stereocenters. The first-order chi connectivity index (χ1) is 11.4. The summed E-state index contributed by atoms with van der Waals surface area (Å²) in [5.41, 5.74) is 7.50. The average Bonchev–Trinajstić information content (AvgIpc) is 2.51. The number of carbonyl (C=O) groups excluding carboxylic acids is 1. The maximum atomic E-state index is 13.2. The number of hydrogen-bond donors (Lipinski definition) is 2. The number of nitrogens with two attached hydrogens (primary N) is 1. The van der Waals surface area contributed by atoms with Gasteiger partial charge in [0.25, 0.3) is 0 Å². The highest BCUT2D eigenvalue weighted by Gasteiger charge is 2.06. The summed E-state index contributed by atoms with van der Waals surface area (Å²) in [6.45, 7) is 2.79. The summed E-state index contributed by atoms with van der Waals surface area (Å²) in [6.07, 6.45) is 2.38. The molecular weight excluding hydrogens is 310 g/mol. The van der Waals surface area contributed by atoms with Crippen molar-refractivity contribution in [3.63, 3.8) is 0 Å². The molecule has 0 spiro atoms. The molecular formula is C19H22F2N2O. The van der Waals surface area contributed by atoms with Gasteiger partial charge in [-0.3, -0.25) is 4.79 Å². The standard InChI is InChI=1S/C19H22F2N2O/c1-13(9-15-10-17(20)12-18(21)11-15)23-8-2-3-14-4-6-16(7-5-14)19(22)24/h4-7,10-13,23H,2-3,8-9H2,1H3,(H2,22,24). The Balaban J connectivity index is 1.72. The van der Waals surface area contributed by atoms with E-state index in [9.17, 15) is 13.6 Å². The second-order valence-electron chi connectivity index (χ2n) is 6.00. The predicted octanol–water partition coefficient (Wildman–Crippen LogP) is 3.22. The Hall–Kier alpha value is -2.27. The number of primary amides is 1. The van der Waals surface area contributed by atoms with Crippen molar-refractivity contribution < 1.29 is 13.6 Å². The van der Waals surface area contributed by atoms with Crippen molar-refractivity contribution in [3.8, 4) is 0 Å². The molecule has 1 unspecified atom stereocenters. The minimum absolute atomic E-state index is 0.128. The maximum absolute atomic E-state index is 13.2. The lowest BCUT2D eigenvalue weighted by Crippen LogP contribution is -2.29. The highest BCUT2D eigenvalue weighted by molar-refractivity contribution is 5.92. The van der Waals surface area contributed by atoms with Crippen LogP contribution in [-0.2, 0) is 12.8 Å². The van der Waals surface area contributed by atoms with E-state index in [2.05, 4.69) is 5.32 Å². The third-order valence-corrected chi connectivity index (χ3v) is 3.84. The number of amides is 1. The molecule has 0 radical (unpaired) electrons. The van der Waals surface area contributed by atoms with E-state index in [0.717, 1.165) is 31.0 Å². The van der Waals surface area contributed by atoms with Gasteiger partial charge in [0.15, 0.2) is 0 Å². The second kappa shape index (κ2) is 8.55. The molecule has 0 bridgehead atoms. The number of nitrogens with one attached hydrogen (secondary N) is 1. The molecule has 2 aromatic carbocycles. The molecule has 3 N–H and O–H groups in total. The summed E-state index contributed by atoms with van der Waals surface area (Å²) < 4.78 is 26.3. The van der Waals surface area contributed by atoms with E-state index in [0.29, 0.717) is 17.5 Å². The normalized spacial score (nSPS) is 12.1. The number of rotatable bonds is 8. The van der Waals surface area contributed by atoms with E-state index in [1.165, 1.54) is 12.1 Å². The van der Waals surface area contributed by atoms with Gasteiger partial charge in [0, 0.05) is 17.7 Å². The van der Waals surface area contributed by atoms with Crippen LogP contribution in [-0.4, -0.2) is 18.5 Å². The van der Waals surface area contributed by atoms with Crippen LogP contribution in [0.2, 0.25) is 0 Å². The highest BCUT2D eigenvalue weighted by Crippen LogP contribution is 2.10. The first-order valence-electron chi connectivity index (χ1n) is 8.01. The summed E-state index contributed by atoms with van der Waals surface area (Å²) in [4.78, 5) is 11.0. The Kier molecular flexibility index (Phi) is 6.44. The summed E-state index contributed by atoms with van der Waals surface area (Å²) >= 11 is 0. The number of hydrogen-bond acceptors (Lipinski definition) is 2. The van der Waals surface area contributed by atoms with Crippen LogP contribution in [0.4, 0.5) is 8.78 Å². The van der Waals surface area contributed by atoms with Gasteiger partial charge in [-0.25, -0.2) is 8.78 Å². The largest absolute Gasteiger partial charge is 0.366 e. The fourth-order valence-corrected chi connectivity index (χ4v) is 2.63. The fourth-order valence-electron chi connectivity index (χ4n) is 2.63. The quantitative estimate of drug-likeness (QED) is 0.729. The Bertz CT molecular complexity index is 666. The van der Waals surface area contributed by atoms with Crippen molar-refractivity contribution >= 4 is 5.91 Å². The topological polar surface area (TPSA) is 55.1 Å². The molecule has 5 heteroatoms. The van der Waals surface area contributed by atoms with E-state index < -0.39 is 17.5 Å². The zero-order chi connectivity index (χ0) is 17.5. The van der Waals surface area contributed by atoms with Crippen LogP contribution >= 0.6 is 0 Å². The van der Waals surface area contributed by atoms with Gasteiger partial charge in [0.1, 0.15) is 11.6 Å². The smallest absolute Gasteiger partial charge is 0.248 e. The van der Waals surface area contributed by atoms with Crippen LogP contribution in [0.1, 0.15) is 34.8 Å². The van der Waals surface area contributed by atoms with Crippen LogP contribution in [0.25, 0.3) is 0 Å². The molecule has 24 heavy (non-hydrogen) atoms. The molecule has 0 aromatic heterocycles. The number of carbonyl (C=O) groups is 1. The van der Waals surface area contributed by atoms with Crippen molar-refractivity contribution in [2.24, 2.45) is 5.73 Å². The van der Waals surface area contributed by atoms with Crippen LogP contribution in [0.3, 0.4) is 0 Å². The summed E-state index contributed by atoms with van der Waals surface area (Å²) in [7, 11) is 0. The third-order valence-electron chi connectivity index (χ3n) is 3.84. The highest BCUT2D eigenvalue weighted by atomic mass is 19.1. The van der Waals surface area contributed by atoms with Crippen LogP contribution in [0.15, 0.2) is 42.5 Å². The van der Waals surface area contributed by atoms with Gasteiger partial charge in [0.05, 0.1) is 0 Å². The van der Waals surface area contributed by atoms with Gasteiger partial charge in [-0.15, -0.1) is 0 Å². The van der Waals surface area contributed by atoms with E-state index >= 15 is 0 Å². The zero-order valence-electron chi connectivity index (χ0n) is 13.7. The zero-order valence-corrected chi connectivity index (χ0v) is 13.7. The summed E-state index contributed by atoms with van der Waals surface area (Å²) in [6, 6.07) is 11.0. The number of halogens is 2. The van der Waals surface area contributed by atoms with Crippen LogP contribution in [0, 0.1) is 11.6 Å². The molecule has 0 fully saturated rings. The van der Waals surface area contributed by atoms with E-state index in [1.807, 2.05) is 19.1 Å². The summed E-state index contributed by atoms with van der Waals surface area (Å²) in [5.74, 6) is -1.51. The van der Waals surface area contributed by atoms with Gasteiger partial charge in [-0.1, -0.05) is 12.1 Å². The van der Waals surface area contributed by atoms with Crippen molar-refractivity contribution in [1.29, 1.82) is 0 Å². The molecule has 2 aromatic rings.